The van der Waals surface area contributed by atoms with Gasteiger partial charge >= 0.3 is 0 Å². The molecule has 0 aromatic carbocycles. The largest absolute Gasteiger partial charge is 0.356 e. The zero-order valence-electron chi connectivity index (χ0n) is 10.1. The van der Waals surface area contributed by atoms with Crippen molar-refractivity contribution in [2.45, 2.75) is 27.3 Å². The third-order valence-electron chi connectivity index (χ3n) is 2.39. The van der Waals surface area contributed by atoms with E-state index in [1.165, 1.54) is 0 Å². The Kier molecular flexibility index (Phi) is 4.49. The van der Waals surface area contributed by atoms with E-state index in [4.69, 9.17) is 0 Å². The highest BCUT2D eigenvalue weighted by Gasteiger charge is 2.26. The van der Waals surface area contributed by atoms with Crippen LogP contribution in [0.2, 0.25) is 0 Å². The van der Waals surface area contributed by atoms with Crippen LogP contribution in [0, 0.1) is 5.41 Å². The van der Waals surface area contributed by atoms with Crippen LogP contribution in [0.25, 0.3) is 0 Å². The molecule has 0 fully saturated rings. The van der Waals surface area contributed by atoms with Crippen molar-refractivity contribution in [3.8, 4) is 0 Å². The third-order valence-corrected chi connectivity index (χ3v) is 2.39. The fourth-order valence-corrected chi connectivity index (χ4v) is 1.37. The van der Waals surface area contributed by atoms with Crippen LogP contribution in [-0.4, -0.2) is 29.0 Å². The Labute approximate surface area is 96.0 Å². The second kappa shape index (κ2) is 5.65. The molecular weight excluding hydrogens is 204 g/mol. The lowest BCUT2D eigenvalue weighted by Crippen LogP contribution is -2.43. The summed E-state index contributed by atoms with van der Waals surface area (Å²) in [4.78, 5) is 18.6. The van der Waals surface area contributed by atoms with E-state index < -0.39 is 5.41 Å². The molecule has 5 heteroatoms. The van der Waals surface area contributed by atoms with Gasteiger partial charge in [0.2, 0.25) is 5.91 Å². The van der Waals surface area contributed by atoms with Gasteiger partial charge < -0.3 is 15.6 Å². The van der Waals surface area contributed by atoms with E-state index in [9.17, 15) is 4.79 Å². The number of aromatic amines is 1. The average molecular weight is 224 g/mol. The van der Waals surface area contributed by atoms with Crippen molar-refractivity contribution < 1.29 is 4.79 Å². The molecule has 0 radical (unpaired) electrons. The molecule has 0 atom stereocenters. The Hall–Kier alpha value is -1.36. The van der Waals surface area contributed by atoms with Gasteiger partial charge in [-0.2, -0.15) is 0 Å². The molecule has 1 heterocycles. The van der Waals surface area contributed by atoms with Crippen LogP contribution in [0.15, 0.2) is 12.5 Å². The lowest BCUT2D eigenvalue weighted by atomic mass is 9.92. The molecule has 5 nitrogen and oxygen atoms in total. The monoisotopic (exact) mass is 224 g/mol. The highest BCUT2D eigenvalue weighted by molar-refractivity contribution is 5.81. The molecule has 90 valence electrons. The number of nitrogens with one attached hydrogen (secondary N) is 3. The van der Waals surface area contributed by atoms with Crippen molar-refractivity contribution in [3.05, 3.63) is 18.2 Å². The van der Waals surface area contributed by atoms with Crippen molar-refractivity contribution in [3.63, 3.8) is 0 Å². The van der Waals surface area contributed by atoms with Gasteiger partial charge in [-0.25, -0.2) is 4.98 Å². The summed E-state index contributed by atoms with van der Waals surface area (Å²) >= 11 is 0. The number of carbonyl (C=O) groups excluding carboxylic acids is 1. The van der Waals surface area contributed by atoms with Crippen molar-refractivity contribution in [2.24, 2.45) is 5.41 Å². The van der Waals surface area contributed by atoms with Gasteiger partial charge in [-0.15, -0.1) is 0 Å². The van der Waals surface area contributed by atoms with Crippen LogP contribution in [0.4, 0.5) is 0 Å². The number of aromatic nitrogens is 2. The van der Waals surface area contributed by atoms with Crippen molar-refractivity contribution in [1.29, 1.82) is 0 Å². The van der Waals surface area contributed by atoms with Crippen molar-refractivity contribution in [1.82, 2.24) is 20.6 Å². The molecule has 1 rings (SSSR count). The maximum Gasteiger partial charge on any atom is 0.226 e. The molecule has 0 bridgehead atoms. The first-order valence-corrected chi connectivity index (χ1v) is 5.52. The molecule has 0 spiro atoms. The molecule has 1 aromatic rings. The molecule has 0 aliphatic heterocycles. The van der Waals surface area contributed by atoms with Gasteiger partial charge in [-0.1, -0.05) is 0 Å². The number of hydrogen-bond acceptors (Lipinski definition) is 3. The molecule has 1 amide bonds. The first-order valence-electron chi connectivity index (χ1n) is 5.52. The molecule has 16 heavy (non-hydrogen) atoms. The summed E-state index contributed by atoms with van der Waals surface area (Å²) in [5, 5.41) is 6.07. The van der Waals surface area contributed by atoms with E-state index in [2.05, 4.69) is 20.6 Å². The van der Waals surface area contributed by atoms with Crippen LogP contribution in [0.1, 0.15) is 26.5 Å². The number of imidazole rings is 1. The van der Waals surface area contributed by atoms with Gasteiger partial charge in [0.25, 0.3) is 0 Å². The zero-order valence-corrected chi connectivity index (χ0v) is 10.1. The quantitative estimate of drug-likeness (QED) is 0.665. The standard InChI is InChI=1S/C11H20N4O/c1-4-14-10(16)11(2,3)7-12-5-9-6-13-8-15-9/h6,8,12H,4-5,7H2,1-3H3,(H,13,15)(H,14,16). The van der Waals surface area contributed by atoms with Gasteiger partial charge in [-0.3, -0.25) is 4.79 Å². The highest BCUT2D eigenvalue weighted by atomic mass is 16.2. The third kappa shape index (κ3) is 3.66. The summed E-state index contributed by atoms with van der Waals surface area (Å²) in [7, 11) is 0. The number of H-pyrrole nitrogens is 1. The average Bonchev–Trinajstić information content (AvgIpc) is 2.70. The minimum Gasteiger partial charge on any atom is -0.356 e. The molecule has 3 N–H and O–H groups in total. The van der Waals surface area contributed by atoms with Gasteiger partial charge in [0.15, 0.2) is 0 Å². The van der Waals surface area contributed by atoms with Crippen molar-refractivity contribution >= 4 is 5.91 Å². The Morgan fingerprint density at radius 2 is 2.31 bits per heavy atom. The minimum absolute atomic E-state index is 0.0760. The number of hydrogen-bond donors (Lipinski definition) is 3. The molecular formula is C11H20N4O. The maximum absolute atomic E-state index is 11.7. The molecule has 0 aliphatic carbocycles. The van der Waals surface area contributed by atoms with Crippen LogP contribution in [0.5, 0.6) is 0 Å². The first kappa shape index (κ1) is 12.7. The Morgan fingerprint density at radius 1 is 1.56 bits per heavy atom. The number of rotatable bonds is 6. The van der Waals surface area contributed by atoms with E-state index in [-0.39, 0.29) is 5.91 Å². The smallest absolute Gasteiger partial charge is 0.226 e. The molecule has 0 saturated heterocycles. The molecule has 0 saturated carbocycles. The number of nitrogens with zero attached hydrogens (tertiary/aromatic N) is 1. The lowest BCUT2D eigenvalue weighted by molar-refractivity contribution is -0.129. The van der Waals surface area contributed by atoms with Crippen LogP contribution in [-0.2, 0) is 11.3 Å². The Bertz CT molecular complexity index is 319. The maximum atomic E-state index is 11.7. The van der Waals surface area contributed by atoms with Gasteiger partial charge in [0.05, 0.1) is 11.7 Å². The summed E-state index contributed by atoms with van der Waals surface area (Å²) in [6.45, 7) is 7.78. The van der Waals surface area contributed by atoms with Crippen LogP contribution in [0.3, 0.4) is 0 Å². The summed E-state index contributed by atoms with van der Waals surface area (Å²) in [5.41, 5.74) is 0.627. The molecule has 0 aliphatic rings. The topological polar surface area (TPSA) is 69.8 Å². The van der Waals surface area contributed by atoms with Crippen LogP contribution < -0.4 is 10.6 Å². The molecule has 0 unspecified atom stereocenters. The Morgan fingerprint density at radius 3 is 2.88 bits per heavy atom. The van der Waals surface area contributed by atoms with Gasteiger partial charge in [-0.05, 0) is 20.8 Å². The van der Waals surface area contributed by atoms with Gasteiger partial charge in [0, 0.05) is 31.5 Å². The van der Waals surface area contributed by atoms with E-state index in [1.807, 2.05) is 20.8 Å². The highest BCUT2D eigenvalue weighted by Crippen LogP contribution is 2.13. The van der Waals surface area contributed by atoms with Crippen LogP contribution >= 0.6 is 0 Å². The molecule has 1 aromatic heterocycles. The van der Waals surface area contributed by atoms with E-state index in [1.54, 1.807) is 12.5 Å². The van der Waals surface area contributed by atoms with Gasteiger partial charge in [0.1, 0.15) is 0 Å². The van der Waals surface area contributed by atoms with E-state index >= 15 is 0 Å². The summed E-state index contributed by atoms with van der Waals surface area (Å²) in [6.07, 6.45) is 3.41. The normalized spacial score (nSPS) is 11.4. The van der Waals surface area contributed by atoms with Crippen molar-refractivity contribution in [2.75, 3.05) is 13.1 Å². The fraction of sp³-hybridized carbons (Fsp3) is 0.636. The van der Waals surface area contributed by atoms with E-state index in [0.717, 1.165) is 5.69 Å². The predicted octanol–water partition coefficient (Wildman–Crippen LogP) is 0.662. The fourth-order valence-electron chi connectivity index (χ4n) is 1.37. The second-order valence-corrected chi connectivity index (χ2v) is 4.42. The SMILES string of the molecule is CCNC(=O)C(C)(C)CNCc1cnc[nH]1. The number of amides is 1. The number of carbonyl (C=O) groups is 1. The van der Waals surface area contributed by atoms with E-state index in [0.29, 0.717) is 19.6 Å². The zero-order chi connectivity index (χ0) is 12.0. The lowest BCUT2D eigenvalue weighted by Gasteiger charge is -2.23. The predicted molar refractivity (Wildman–Crippen MR) is 62.8 cm³/mol. The Balaban J connectivity index is 2.33. The summed E-state index contributed by atoms with van der Waals surface area (Å²) < 4.78 is 0. The second-order valence-electron chi connectivity index (χ2n) is 4.42. The summed E-state index contributed by atoms with van der Waals surface area (Å²) in [5.74, 6) is 0.0760. The summed E-state index contributed by atoms with van der Waals surface area (Å²) in [6, 6.07) is 0. The first-order chi connectivity index (χ1) is 7.56. The minimum atomic E-state index is -0.393.